The lowest BCUT2D eigenvalue weighted by atomic mass is 9.98. The largest absolute Gasteiger partial charge is 0.392 e. The molecule has 2 atom stereocenters. The molecule has 1 aliphatic rings. The van der Waals surface area contributed by atoms with Gasteiger partial charge in [-0.2, -0.15) is 0 Å². The lowest BCUT2D eigenvalue weighted by Crippen LogP contribution is -2.28. The lowest BCUT2D eigenvalue weighted by molar-refractivity contribution is 0.0336. The van der Waals surface area contributed by atoms with E-state index in [0.29, 0.717) is 18.4 Å². The van der Waals surface area contributed by atoms with Crippen molar-refractivity contribution in [2.45, 2.75) is 31.7 Å². The van der Waals surface area contributed by atoms with Crippen LogP contribution in [0.25, 0.3) is 0 Å². The summed E-state index contributed by atoms with van der Waals surface area (Å²) in [5.74, 6) is 0. The summed E-state index contributed by atoms with van der Waals surface area (Å²) in [7, 11) is 5.60. The number of hydrogen-bond donors (Lipinski definition) is 4. The minimum atomic E-state index is -0.750. The Balaban J connectivity index is 0.000000550. The van der Waals surface area contributed by atoms with Gasteiger partial charge in [0.15, 0.2) is 0 Å². The average Bonchev–Trinajstić information content (AvgIpc) is 2.77. The van der Waals surface area contributed by atoms with Crippen LogP contribution in [-0.2, 0) is 11.3 Å². The van der Waals surface area contributed by atoms with E-state index < -0.39 is 6.79 Å². The molecule has 2 rings (SSSR count). The first-order valence-corrected chi connectivity index (χ1v) is 6.02. The molecule has 1 fully saturated rings. The summed E-state index contributed by atoms with van der Waals surface area (Å²) in [6.45, 7) is -0.964. The van der Waals surface area contributed by atoms with Crippen molar-refractivity contribution in [3.8, 4) is 0 Å². The summed E-state index contributed by atoms with van der Waals surface area (Å²) in [6, 6.07) is -0.336. The highest BCUT2D eigenvalue weighted by Crippen LogP contribution is 2.25. The van der Waals surface area contributed by atoms with Gasteiger partial charge in [0, 0.05) is 17.8 Å². The standard InChI is InChI=1S/C9H11BN2O3S.CH4O2/c10-6-1-2-7(15-6)12-3-5(4-13)8(16)11-9(12)14;2-1-3/h3,6-7,13H,1-2,4H2,(H,11,14,16);2-3H,1H2/t6-,7?;/m0./s1. The Morgan fingerprint density at radius 2 is 2.11 bits per heavy atom. The Morgan fingerprint density at radius 1 is 1.47 bits per heavy atom. The summed E-state index contributed by atoms with van der Waals surface area (Å²) in [5.41, 5.74) is 0.153. The van der Waals surface area contributed by atoms with Crippen LogP contribution in [0.5, 0.6) is 0 Å². The molecule has 9 heteroatoms. The Kier molecular flexibility index (Phi) is 6.39. The van der Waals surface area contributed by atoms with Crippen molar-refractivity contribution >= 4 is 20.1 Å². The molecule has 0 bridgehead atoms. The van der Waals surface area contributed by atoms with E-state index in [4.69, 9.17) is 40.1 Å². The molecule has 1 aromatic rings. The predicted octanol–water partition coefficient (Wildman–Crippen LogP) is -0.870. The third-order valence-corrected chi connectivity index (χ3v) is 2.92. The minimum Gasteiger partial charge on any atom is -0.392 e. The van der Waals surface area contributed by atoms with Crippen LogP contribution in [0, 0.1) is 4.64 Å². The number of aromatic nitrogens is 2. The molecule has 1 aromatic heterocycles. The summed E-state index contributed by atoms with van der Waals surface area (Å²) >= 11 is 4.90. The molecule has 0 spiro atoms. The van der Waals surface area contributed by atoms with E-state index in [0.717, 1.165) is 0 Å². The first kappa shape index (κ1) is 16.1. The van der Waals surface area contributed by atoms with Crippen molar-refractivity contribution in [1.82, 2.24) is 9.55 Å². The number of aromatic amines is 1. The average molecular weight is 286 g/mol. The van der Waals surface area contributed by atoms with Crippen LogP contribution in [0.2, 0.25) is 0 Å². The van der Waals surface area contributed by atoms with Crippen molar-refractivity contribution in [3.05, 3.63) is 26.9 Å². The summed E-state index contributed by atoms with van der Waals surface area (Å²) in [6.07, 6.45) is 2.53. The number of H-pyrrole nitrogens is 1. The fraction of sp³-hybridized carbons (Fsp3) is 0.600. The topological polar surface area (TPSA) is 108 Å². The molecule has 104 valence electrons. The highest BCUT2D eigenvalue weighted by molar-refractivity contribution is 7.71. The second-order valence-electron chi connectivity index (χ2n) is 3.83. The van der Waals surface area contributed by atoms with Gasteiger partial charge in [0.1, 0.15) is 25.5 Å². The smallest absolute Gasteiger partial charge is 0.328 e. The summed E-state index contributed by atoms with van der Waals surface area (Å²) < 4.78 is 7.01. The summed E-state index contributed by atoms with van der Waals surface area (Å²) in [5, 5.41) is 23.3. The minimum absolute atomic E-state index is 0.214. The van der Waals surface area contributed by atoms with Gasteiger partial charge in [0.05, 0.1) is 6.61 Å². The number of nitrogens with zero attached hydrogens (tertiary/aromatic N) is 1. The molecule has 19 heavy (non-hydrogen) atoms. The van der Waals surface area contributed by atoms with Gasteiger partial charge in [-0.05, 0) is 12.8 Å². The van der Waals surface area contributed by atoms with Crippen LogP contribution in [0.15, 0.2) is 11.0 Å². The first-order chi connectivity index (χ1) is 9.03. The van der Waals surface area contributed by atoms with Gasteiger partial charge >= 0.3 is 5.69 Å². The number of ether oxygens (including phenoxy) is 1. The molecule has 0 aliphatic carbocycles. The molecule has 4 N–H and O–H groups in total. The third kappa shape index (κ3) is 4.25. The summed E-state index contributed by atoms with van der Waals surface area (Å²) in [4.78, 5) is 14.1. The SMILES string of the molecule is OCO.[B][C@@H]1CCC(n2cc(CO)c(=S)[nH]c2=O)O1. The van der Waals surface area contributed by atoms with E-state index >= 15 is 0 Å². The molecule has 1 unspecified atom stereocenters. The number of nitrogens with one attached hydrogen (secondary N) is 1. The van der Waals surface area contributed by atoms with Gasteiger partial charge in [-0.3, -0.25) is 9.55 Å². The second kappa shape index (κ2) is 7.56. The predicted molar refractivity (Wildman–Crippen MR) is 70.0 cm³/mol. The zero-order valence-corrected chi connectivity index (χ0v) is 11.0. The van der Waals surface area contributed by atoms with Crippen molar-refractivity contribution in [1.29, 1.82) is 0 Å². The highest BCUT2D eigenvalue weighted by Gasteiger charge is 2.23. The number of aliphatic hydroxyl groups excluding tert-OH is 2. The van der Waals surface area contributed by atoms with E-state index in [-0.39, 0.29) is 29.2 Å². The van der Waals surface area contributed by atoms with Crippen molar-refractivity contribution in [2.24, 2.45) is 0 Å². The van der Waals surface area contributed by atoms with Gasteiger partial charge in [0.2, 0.25) is 0 Å². The van der Waals surface area contributed by atoms with Crippen LogP contribution in [0.1, 0.15) is 24.6 Å². The normalized spacial score (nSPS) is 21.8. The van der Waals surface area contributed by atoms with Crippen LogP contribution in [0.4, 0.5) is 0 Å². The Bertz CT molecular complexity index is 517. The van der Waals surface area contributed by atoms with Gasteiger partial charge in [-0.1, -0.05) is 12.2 Å². The van der Waals surface area contributed by atoms with Crippen LogP contribution < -0.4 is 5.69 Å². The lowest BCUT2D eigenvalue weighted by Gasteiger charge is -2.15. The number of aliphatic hydroxyl groups is 3. The zero-order valence-electron chi connectivity index (χ0n) is 10.2. The van der Waals surface area contributed by atoms with E-state index in [1.807, 2.05) is 0 Å². The third-order valence-electron chi connectivity index (χ3n) is 2.55. The fourth-order valence-corrected chi connectivity index (χ4v) is 1.91. The zero-order chi connectivity index (χ0) is 14.4. The van der Waals surface area contributed by atoms with E-state index in [9.17, 15) is 4.79 Å². The van der Waals surface area contributed by atoms with Gasteiger partial charge < -0.3 is 20.1 Å². The van der Waals surface area contributed by atoms with Gasteiger partial charge in [0.25, 0.3) is 0 Å². The van der Waals surface area contributed by atoms with Crippen molar-refractivity contribution < 1.29 is 20.1 Å². The molecule has 0 aromatic carbocycles. The molecule has 1 aliphatic heterocycles. The maximum absolute atomic E-state index is 11.6. The van der Waals surface area contributed by atoms with Gasteiger partial charge in [-0.15, -0.1) is 0 Å². The Hall–Kier alpha value is -0.995. The Morgan fingerprint density at radius 3 is 2.58 bits per heavy atom. The molecule has 1 saturated heterocycles. The van der Waals surface area contributed by atoms with Crippen molar-refractivity contribution in [3.63, 3.8) is 0 Å². The van der Waals surface area contributed by atoms with Gasteiger partial charge in [-0.25, -0.2) is 4.79 Å². The molecular weight excluding hydrogens is 271 g/mol. The maximum atomic E-state index is 11.6. The van der Waals surface area contributed by atoms with Crippen molar-refractivity contribution in [2.75, 3.05) is 6.79 Å². The molecule has 2 heterocycles. The van der Waals surface area contributed by atoms with E-state index in [1.54, 1.807) is 0 Å². The Labute approximate surface area is 115 Å². The quantitative estimate of drug-likeness (QED) is 0.320. The van der Waals surface area contributed by atoms with E-state index in [1.165, 1.54) is 10.8 Å². The number of rotatable bonds is 2. The maximum Gasteiger partial charge on any atom is 0.328 e. The molecule has 2 radical (unpaired) electrons. The number of hydrogen-bond acceptors (Lipinski definition) is 6. The second-order valence-corrected chi connectivity index (χ2v) is 4.24. The van der Waals surface area contributed by atoms with Crippen LogP contribution >= 0.6 is 12.2 Å². The monoisotopic (exact) mass is 286 g/mol. The first-order valence-electron chi connectivity index (χ1n) is 5.61. The molecule has 0 saturated carbocycles. The van der Waals surface area contributed by atoms with Crippen LogP contribution in [-0.4, -0.2) is 45.5 Å². The van der Waals surface area contributed by atoms with E-state index in [2.05, 4.69) is 4.98 Å². The van der Waals surface area contributed by atoms with Crippen LogP contribution in [0.3, 0.4) is 0 Å². The molecular formula is C10H15BN2O5S. The molecule has 7 nitrogen and oxygen atoms in total. The highest BCUT2D eigenvalue weighted by atomic mass is 32.1. The fourth-order valence-electron chi connectivity index (χ4n) is 1.70. The molecule has 0 amide bonds.